The number of ether oxygens (including phenoxy) is 1. The van der Waals surface area contributed by atoms with Crippen LogP contribution < -0.4 is 5.32 Å². The van der Waals surface area contributed by atoms with Gasteiger partial charge in [0, 0.05) is 5.71 Å². The molecule has 4 heteroatoms. The van der Waals surface area contributed by atoms with Gasteiger partial charge in [-0.3, -0.25) is 10.3 Å². The van der Waals surface area contributed by atoms with Gasteiger partial charge >= 0.3 is 6.09 Å². The van der Waals surface area contributed by atoms with Crippen molar-refractivity contribution >= 4 is 29.3 Å². The standard InChI is InChI=1S/C22H24N2O2/c1-2-15-26-22(25)24-21-13-7-6-12-20(21)23-19-14-8-11-18(19)16-17-9-4-3-5-10-17/h3-7,9-10,12-13,16H,2,8,11,14-15H2,1H3,(H,24,25). The van der Waals surface area contributed by atoms with Crippen molar-refractivity contribution in [2.45, 2.75) is 32.6 Å². The average molecular weight is 348 g/mol. The molecule has 0 aromatic heterocycles. The van der Waals surface area contributed by atoms with Crippen LogP contribution in [0.5, 0.6) is 0 Å². The van der Waals surface area contributed by atoms with Crippen LogP contribution in [0.1, 0.15) is 38.2 Å². The van der Waals surface area contributed by atoms with E-state index in [1.807, 2.05) is 49.4 Å². The monoisotopic (exact) mass is 348 g/mol. The van der Waals surface area contributed by atoms with E-state index in [0.717, 1.165) is 37.1 Å². The number of allylic oxidation sites excluding steroid dienone is 1. The number of hydrogen-bond acceptors (Lipinski definition) is 3. The number of hydrogen-bond donors (Lipinski definition) is 1. The summed E-state index contributed by atoms with van der Waals surface area (Å²) in [6.45, 7) is 2.38. The number of carbonyl (C=O) groups is 1. The third-order valence-electron chi connectivity index (χ3n) is 4.20. The second-order valence-corrected chi connectivity index (χ2v) is 6.27. The van der Waals surface area contributed by atoms with Crippen molar-refractivity contribution in [2.24, 2.45) is 4.99 Å². The molecule has 0 unspecified atom stereocenters. The minimum Gasteiger partial charge on any atom is -0.449 e. The zero-order valence-electron chi connectivity index (χ0n) is 15.1. The zero-order valence-corrected chi connectivity index (χ0v) is 15.1. The third kappa shape index (κ3) is 4.82. The molecule has 0 aliphatic heterocycles. The third-order valence-corrected chi connectivity index (χ3v) is 4.20. The van der Waals surface area contributed by atoms with E-state index < -0.39 is 6.09 Å². The van der Waals surface area contributed by atoms with E-state index in [-0.39, 0.29) is 0 Å². The summed E-state index contributed by atoms with van der Waals surface area (Å²) < 4.78 is 5.11. The Kier molecular flexibility index (Phi) is 6.20. The molecule has 1 N–H and O–H groups in total. The van der Waals surface area contributed by atoms with Gasteiger partial charge in [0.15, 0.2) is 0 Å². The normalized spacial score (nSPS) is 16.8. The number of aliphatic imine (C=N–C) groups is 1. The SMILES string of the molecule is CCCOC(=O)Nc1ccccc1N=C1CCCC1=Cc1ccccc1. The Hall–Kier alpha value is -2.88. The summed E-state index contributed by atoms with van der Waals surface area (Å²) in [6, 6.07) is 17.9. The van der Waals surface area contributed by atoms with Gasteiger partial charge in [0.1, 0.15) is 0 Å². The van der Waals surface area contributed by atoms with E-state index in [0.29, 0.717) is 12.3 Å². The number of benzene rings is 2. The molecular formula is C22H24N2O2. The van der Waals surface area contributed by atoms with Gasteiger partial charge in [-0.1, -0.05) is 49.4 Å². The first-order valence-electron chi connectivity index (χ1n) is 9.12. The number of nitrogens with one attached hydrogen (secondary N) is 1. The second-order valence-electron chi connectivity index (χ2n) is 6.27. The molecule has 4 nitrogen and oxygen atoms in total. The molecule has 1 aliphatic carbocycles. The minimum absolute atomic E-state index is 0.409. The lowest BCUT2D eigenvalue weighted by atomic mass is 10.1. The molecule has 2 aromatic carbocycles. The Morgan fingerprint density at radius 1 is 1.12 bits per heavy atom. The largest absolute Gasteiger partial charge is 0.449 e. The molecule has 0 saturated heterocycles. The van der Waals surface area contributed by atoms with Crippen molar-refractivity contribution in [1.29, 1.82) is 0 Å². The van der Waals surface area contributed by atoms with E-state index in [1.165, 1.54) is 11.1 Å². The van der Waals surface area contributed by atoms with Gasteiger partial charge in [0.25, 0.3) is 0 Å². The predicted molar refractivity (Wildman–Crippen MR) is 107 cm³/mol. The van der Waals surface area contributed by atoms with Crippen molar-refractivity contribution < 1.29 is 9.53 Å². The smallest absolute Gasteiger partial charge is 0.411 e. The summed E-state index contributed by atoms with van der Waals surface area (Å²) in [6.07, 6.45) is 5.65. The molecule has 0 bridgehead atoms. The molecule has 0 atom stereocenters. The summed E-state index contributed by atoms with van der Waals surface area (Å²) in [7, 11) is 0. The van der Waals surface area contributed by atoms with Crippen molar-refractivity contribution in [1.82, 2.24) is 0 Å². The predicted octanol–water partition coefficient (Wildman–Crippen LogP) is 5.99. The molecule has 1 saturated carbocycles. The Morgan fingerprint density at radius 2 is 1.88 bits per heavy atom. The fourth-order valence-corrected chi connectivity index (χ4v) is 2.95. The van der Waals surface area contributed by atoms with Crippen molar-refractivity contribution in [3.63, 3.8) is 0 Å². The number of carbonyl (C=O) groups excluding carboxylic acids is 1. The maximum absolute atomic E-state index is 11.9. The maximum atomic E-state index is 11.9. The zero-order chi connectivity index (χ0) is 18.2. The maximum Gasteiger partial charge on any atom is 0.411 e. The molecule has 1 fully saturated rings. The number of nitrogens with zero attached hydrogens (tertiary/aromatic N) is 1. The van der Waals surface area contributed by atoms with Crippen LogP contribution in [0.4, 0.5) is 16.2 Å². The lowest BCUT2D eigenvalue weighted by Gasteiger charge is -2.09. The number of anilines is 1. The summed E-state index contributed by atoms with van der Waals surface area (Å²) in [5.41, 5.74) is 4.97. The summed E-state index contributed by atoms with van der Waals surface area (Å²) in [5.74, 6) is 0. The Bertz CT molecular complexity index is 810. The van der Waals surface area contributed by atoms with Crippen LogP contribution in [-0.2, 0) is 4.74 Å². The van der Waals surface area contributed by atoms with Crippen LogP contribution >= 0.6 is 0 Å². The first-order chi connectivity index (χ1) is 12.8. The molecule has 0 radical (unpaired) electrons. The Morgan fingerprint density at radius 3 is 2.69 bits per heavy atom. The van der Waals surface area contributed by atoms with Crippen molar-refractivity contribution in [3.8, 4) is 0 Å². The van der Waals surface area contributed by atoms with Gasteiger partial charge in [0.05, 0.1) is 18.0 Å². The van der Waals surface area contributed by atoms with Gasteiger partial charge in [-0.2, -0.15) is 0 Å². The quantitative estimate of drug-likeness (QED) is 0.722. The van der Waals surface area contributed by atoms with Crippen LogP contribution in [0, 0.1) is 0 Å². The van der Waals surface area contributed by atoms with Crippen LogP contribution in [0.2, 0.25) is 0 Å². The van der Waals surface area contributed by atoms with Crippen LogP contribution in [0.25, 0.3) is 6.08 Å². The fraction of sp³-hybridized carbons (Fsp3) is 0.273. The van der Waals surface area contributed by atoms with Crippen molar-refractivity contribution in [2.75, 3.05) is 11.9 Å². The van der Waals surface area contributed by atoms with Crippen LogP contribution in [0.15, 0.2) is 65.2 Å². The average Bonchev–Trinajstić information content (AvgIpc) is 3.09. The Balaban J connectivity index is 1.82. The van der Waals surface area contributed by atoms with Crippen LogP contribution in [-0.4, -0.2) is 18.4 Å². The molecule has 2 aromatic rings. The van der Waals surface area contributed by atoms with Gasteiger partial charge in [-0.15, -0.1) is 0 Å². The van der Waals surface area contributed by atoms with E-state index >= 15 is 0 Å². The molecule has 1 aliphatic rings. The van der Waals surface area contributed by atoms with E-state index in [2.05, 4.69) is 23.5 Å². The molecule has 0 spiro atoms. The molecule has 3 rings (SSSR count). The molecule has 0 heterocycles. The summed E-state index contributed by atoms with van der Waals surface area (Å²) in [5, 5.41) is 2.80. The molecule has 26 heavy (non-hydrogen) atoms. The second kappa shape index (κ2) is 8.99. The molecular weight excluding hydrogens is 324 g/mol. The fourth-order valence-electron chi connectivity index (χ4n) is 2.95. The minimum atomic E-state index is -0.439. The molecule has 134 valence electrons. The topological polar surface area (TPSA) is 50.7 Å². The highest BCUT2D eigenvalue weighted by Crippen LogP contribution is 2.30. The number of amides is 1. The molecule has 1 amide bonds. The Labute approximate surface area is 154 Å². The highest BCUT2D eigenvalue weighted by molar-refractivity contribution is 6.07. The highest BCUT2D eigenvalue weighted by Gasteiger charge is 2.16. The van der Waals surface area contributed by atoms with E-state index in [9.17, 15) is 4.79 Å². The summed E-state index contributed by atoms with van der Waals surface area (Å²) in [4.78, 5) is 16.7. The summed E-state index contributed by atoms with van der Waals surface area (Å²) >= 11 is 0. The van der Waals surface area contributed by atoms with Gasteiger partial charge in [-0.25, -0.2) is 4.79 Å². The van der Waals surface area contributed by atoms with Crippen LogP contribution in [0.3, 0.4) is 0 Å². The lowest BCUT2D eigenvalue weighted by molar-refractivity contribution is 0.161. The van der Waals surface area contributed by atoms with E-state index in [1.54, 1.807) is 0 Å². The number of rotatable bonds is 5. The van der Waals surface area contributed by atoms with E-state index in [4.69, 9.17) is 9.73 Å². The lowest BCUT2D eigenvalue weighted by Crippen LogP contribution is -2.14. The first kappa shape index (κ1) is 17.9. The van der Waals surface area contributed by atoms with Crippen molar-refractivity contribution in [3.05, 3.63) is 65.7 Å². The van der Waals surface area contributed by atoms with Gasteiger partial charge < -0.3 is 4.74 Å². The number of para-hydroxylation sites is 2. The first-order valence-corrected chi connectivity index (χ1v) is 9.12. The highest BCUT2D eigenvalue weighted by atomic mass is 16.5. The van der Waals surface area contributed by atoms with Gasteiger partial charge in [0.2, 0.25) is 0 Å². The van der Waals surface area contributed by atoms with Gasteiger partial charge in [-0.05, 0) is 55.0 Å².